The molecule has 2 N–H and O–H groups in total. The van der Waals surface area contributed by atoms with Gasteiger partial charge in [0.25, 0.3) is 5.91 Å². The van der Waals surface area contributed by atoms with E-state index < -0.39 is 5.60 Å². The Labute approximate surface area is 150 Å². The van der Waals surface area contributed by atoms with Gasteiger partial charge in [0.1, 0.15) is 5.69 Å². The molecular formula is C18H31N5O2. The number of H-pyrrole nitrogens is 1. The molecule has 2 aliphatic rings. The molecule has 1 aromatic rings. The van der Waals surface area contributed by atoms with E-state index >= 15 is 0 Å². The first-order chi connectivity index (χ1) is 11.7. The Kier molecular flexibility index (Phi) is 4.92. The fourth-order valence-corrected chi connectivity index (χ4v) is 3.56. The molecule has 25 heavy (non-hydrogen) atoms. The molecule has 0 aromatic carbocycles. The van der Waals surface area contributed by atoms with Crippen molar-refractivity contribution in [3.63, 3.8) is 0 Å². The zero-order chi connectivity index (χ0) is 18.2. The van der Waals surface area contributed by atoms with Gasteiger partial charge >= 0.3 is 0 Å². The number of aliphatic hydroxyl groups is 1. The molecule has 2 aliphatic heterocycles. The van der Waals surface area contributed by atoms with Crippen LogP contribution < -0.4 is 0 Å². The van der Waals surface area contributed by atoms with Gasteiger partial charge in [0.15, 0.2) is 0 Å². The highest BCUT2D eigenvalue weighted by Crippen LogP contribution is 2.26. The van der Waals surface area contributed by atoms with Gasteiger partial charge in [0.05, 0.1) is 12.1 Å². The molecule has 2 saturated heterocycles. The maximum Gasteiger partial charge on any atom is 0.274 e. The number of piperazine rings is 1. The van der Waals surface area contributed by atoms with Crippen LogP contribution in [0, 0.1) is 0 Å². The number of carbonyl (C=O) groups is 1. The largest absolute Gasteiger partial charge is 0.387 e. The number of amides is 1. The topological polar surface area (TPSA) is 75.7 Å². The van der Waals surface area contributed by atoms with Crippen LogP contribution in [0.3, 0.4) is 0 Å². The molecule has 1 atom stereocenters. The third-order valence-corrected chi connectivity index (χ3v) is 5.34. The molecule has 3 heterocycles. The van der Waals surface area contributed by atoms with Gasteiger partial charge < -0.3 is 14.9 Å². The first-order valence-electron chi connectivity index (χ1n) is 9.15. The third-order valence-electron chi connectivity index (χ3n) is 5.34. The molecule has 2 fully saturated rings. The summed E-state index contributed by atoms with van der Waals surface area (Å²) in [5, 5.41) is 18.1. The van der Waals surface area contributed by atoms with Gasteiger partial charge in [-0.1, -0.05) is 20.8 Å². The number of aromatic nitrogens is 2. The van der Waals surface area contributed by atoms with Gasteiger partial charge in [0.2, 0.25) is 0 Å². The summed E-state index contributed by atoms with van der Waals surface area (Å²) in [4.78, 5) is 19.1. The lowest BCUT2D eigenvalue weighted by Gasteiger charge is -2.36. The van der Waals surface area contributed by atoms with Crippen LogP contribution in [0.5, 0.6) is 0 Å². The monoisotopic (exact) mass is 349 g/mol. The molecule has 3 rings (SSSR count). The summed E-state index contributed by atoms with van der Waals surface area (Å²) >= 11 is 0. The Balaban J connectivity index is 1.60. The molecule has 140 valence electrons. The molecular weight excluding hydrogens is 318 g/mol. The number of rotatable bonds is 3. The van der Waals surface area contributed by atoms with E-state index in [0.29, 0.717) is 31.7 Å². The highest BCUT2D eigenvalue weighted by atomic mass is 16.3. The van der Waals surface area contributed by atoms with Gasteiger partial charge in [-0.15, -0.1) is 0 Å². The van der Waals surface area contributed by atoms with Crippen LogP contribution in [0.15, 0.2) is 6.07 Å². The number of aromatic amines is 1. The van der Waals surface area contributed by atoms with Gasteiger partial charge in [-0.2, -0.15) is 5.10 Å². The van der Waals surface area contributed by atoms with Gasteiger partial charge in [0, 0.05) is 50.4 Å². The van der Waals surface area contributed by atoms with Gasteiger partial charge in [-0.05, 0) is 19.5 Å². The normalized spacial score (nSPS) is 26.4. The van der Waals surface area contributed by atoms with Crippen molar-refractivity contribution in [1.29, 1.82) is 0 Å². The summed E-state index contributed by atoms with van der Waals surface area (Å²) in [6.07, 6.45) is 0.627. The summed E-state index contributed by atoms with van der Waals surface area (Å²) in [6, 6.07) is 1.83. The van der Waals surface area contributed by atoms with E-state index in [1.807, 2.05) is 6.07 Å². The number of nitrogens with zero attached hydrogens (tertiary/aromatic N) is 4. The summed E-state index contributed by atoms with van der Waals surface area (Å²) in [5.74, 6) is -0.0962. The second kappa shape index (κ2) is 6.70. The van der Waals surface area contributed by atoms with E-state index in [0.717, 1.165) is 31.9 Å². The Bertz CT molecular complexity index is 615. The summed E-state index contributed by atoms with van der Waals surface area (Å²) in [7, 11) is 2.12. The molecule has 0 saturated carbocycles. The second-order valence-electron chi connectivity index (χ2n) is 8.70. The van der Waals surface area contributed by atoms with Crippen LogP contribution >= 0.6 is 0 Å². The standard InChI is InChI=1S/C18H31N5O2/c1-17(2,3)15-11-14(19-20-15)16(24)23-6-5-18(25,13-23)12-22-9-7-21(4)8-10-22/h11,25H,5-10,12-13H2,1-4H3,(H,19,20). The quantitative estimate of drug-likeness (QED) is 0.833. The Morgan fingerprint density at radius 1 is 1.28 bits per heavy atom. The number of likely N-dealkylation sites (tertiary alicyclic amines) is 1. The van der Waals surface area contributed by atoms with E-state index in [1.54, 1.807) is 4.90 Å². The van der Waals surface area contributed by atoms with E-state index in [1.165, 1.54) is 0 Å². The predicted octanol–water partition coefficient (Wildman–Crippen LogP) is 0.532. The van der Waals surface area contributed by atoms with E-state index in [2.05, 4.69) is 47.8 Å². The third kappa shape index (κ3) is 4.22. The van der Waals surface area contributed by atoms with Crippen LogP contribution in [-0.4, -0.2) is 94.4 Å². The number of carbonyl (C=O) groups excluding carboxylic acids is 1. The average Bonchev–Trinajstić information content (AvgIpc) is 3.16. The fraction of sp³-hybridized carbons (Fsp3) is 0.778. The van der Waals surface area contributed by atoms with Crippen LogP contribution in [-0.2, 0) is 5.41 Å². The van der Waals surface area contributed by atoms with Crippen molar-refractivity contribution in [2.75, 3.05) is 52.9 Å². The second-order valence-corrected chi connectivity index (χ2v) is 8.70. The Morgan fingerprint density at radius 3 is 2.56 bits per heavy atom. The molecule has 0 bridgehead atoms. The first-order valence-corrected chi connectivity index (χ1v) is 9.15. The van der Waals surface area contributed by atoms with Crippen molar-refractivity contribution in [3.8, 4) is 0 Å². The SMILES string of the molecule is CN1CCN(CC2(O)CCN(C(=O)c3cc(C(C)(C)C)[nH]n3)C2)CC1. The highest BCUT2D eigenvalue weighted by molar-refractivity contribution is 5.92. The average molecular weight is 349 g/mol. The molecule has 1 aromatic heterocycles. The van der Waals surface area contributed by atoms with Crippen LogP contribution in [0.1, 0.15) is 43.4 Å². The number of nitrogens with one attached hydrogen (secondary N) is 1. The Morgan fingerprint density at radius 2 is 1.96 bits per heavy atom. The van der Waals surface area contributed by atoms with E-state index in [4.69, 9.17) is 0 Å². The highest BCUT2D eigenvalue weighted by Gasteiger charge is 2.40. The molecule has 1 unspecified atom stereocenters. The van der Waals surface area contributed by atoms with Crippen LogP contribution in [0.4, 0.5) is 0 Å². The van der Waals surface area contributed by atoms with Crippen LogP contribution in [0.25, 0.3) is 0 Å². The van der Waals surface area contributed by atoms with Crippen molar-refractivity contribution >= 4 is 5.91 Å². The van der Waals surface area contributed by atoms with Gasteiger partial charge in [-0.3, -0.25) is 14.8 Å². The van der Waals surface area contributed by atoms with E-state index in [-0.39, 0.29) is 11.3 Å². The zero-order valence-electron chi connectivity index (χ0n) is 15.9. The van der Waals surface area contributed by atoms with Crippen molar-refractivity contribution < 1.29 is 9.90 Å². The zero-order valence-corrected chi connectivity index (χ0v) is 15.9. The van der Waals surface area contributed by atoms with Crippen molar-refractivity contribution in [3.05, 3.63) is 17.5 Å². The molecule has 0 spiro atoms. The molecule has 1 amide bonds. The number of hydrogen-bond donors (Lipinski definition) is 2. The van der Waals surface area contributed by atoms with Gasteiger partial charge in [-0.25, -0.2) is 0 Å². The minimum absolute atomic E-state index is 0.0707. The molecule has 0 radical (unpaired) electrons. The first kappa shape index (κ1) is 18.4. The number of hydrogen-bond acceptors (Lipinski definition) is 5. The molecule has 7 heteroatoms. The lowest BCUT2D eigenvalue weighted by Crippen LogP contribution is -2.52. The minimum atomic E-state index is -0.811. The predicted molar refractivity (Wildman–Crippen MR) is 96.7 cm³/mol. The van der Waals surface area contributed by atoms with Crippen molar-refractivity contribution in [1.82, 2.24) is 24.9 Å². The summed E-state index contributed by atoms with van der Waals surface area (Å²) in [5.41, 5.74) is 0.504. The number of β-amino-alcohol motifs (C(OH)–C–C–N with tert-alkyl or cyclic N) is 1. The summed E-state index contributed by atoms with van der Waals surface area (Å²) < 4.78 is 0. The minimum Gasteiger partial charge on any atom is -0.387 e. The maximum atomic E-state index is 12.7. The van der Waals surface area contributed by atoms with E-state index in [9.17, 15) is 9.90 Å². The van der Waals surface area contributed by atoms with Crippen molar-refractivity contribution in [2.45, 2.75) is 38.2 Å². The van der Waals surface area contributed by atoms with Crippen LogP contribution in [0.2, 0.25) is 0 Å². The lowest BCUT2D eigenvalue weighted by molar-refractivity contribution is 0.000478. The summed E-state index contributed by atoms with van der Waals surface area (Å²) in [6.45, 7) is 11.9. The Hall–Kier alpha value is -1.44. The maximum absolute atomic E-state index is 12.7. The van der Waals surface area contributed by atoms with Crippen molar-refractivity contribution in [2.24, 2.45) is 0 Å². The number of likely N-dealkylation sites (N-methyl/N-ethyl adjacent to an activating group) is 1. The lowest BCUT2D eigenvalue weighted by atomic mass is 9.92. The molecule has 7 nitrogen and oxygen atoms in total. The molecule has 0 aliphatic carbocycles. The smallest absolute Gasteiger partial charge is 0.274 e. The fourth-order valence-electron chi connectivity index (χ4n) is 3.56.